The van der Waals surface area contributed by atoms with Crippen LogP contribution in [0.4, 0.5) is 4.39 Å². The van der Waals surface area contributed by atoms with Gasteiger partial charge in [0.2, 0.25) is 0 Å². The van der Waals surface area contributed by atoms with E-state index in [1.165, 1.54) is 46.6 Å². The fourth-order valence-corrected chi connectivity index (χ4v) is 5.70. The Labute approximate surface area is 171 Å². The average molecular weight is 397 g/mol. The Balaban J connectivity index is 1.55. The topological polar surface area (TPSA) is 45.5 Å². The number of likely N-dealkylation sites (N-methyl/N-ethyl adjacent to an activating group) is 1. The van der Waals surface area contributed by atoms with E-state index in [-0.39, 0.29) is 24.7 Å². The summed E-state index contributed by atoms with van der Waals surface area (Å²) < 4.78 is 16.2. The van der Waals surface area contributed by atoms with Gasteiger partial charge in [0, 0.05) is 60.6 Å². The minimum absolute atomic E-state index is 0.0312. The third-order valence-electron chi connectivity index (χ3n) is 7.33. The smallest absolute Gasteiger partial charge is 0.141 e. The van der Waals surface area contributed by atoms with Crippen molar-refractivity contribution in [2.24, 2.45) is 11.8 Å². The van der Waals surface area contributed by atoms with Gasteiger partial charge < -0.3 is 9.67 Å². The Morgan fingerprint density at radius 1 is 1.38 bits per heavy atom. The number of hydrogen-bond acceptors (Lipinski definition) is 3. The predicted octanol–water partition coefficient (Wildman–Crippen LogP) is 3.38. The maximum atomic E-state index is 13.7. The van der Waals surface area contributed by atoms with Gasteiger partial charge in [-0.05, 0) is 56.0 Å². The number of aromatic nitrogens is 1. The molecule has 3 heterocycles. The highest BCUT2D eigenvalue weighted by Crippen LogP contribution is 2.45. The van der Waals surface area contributed by atoms with Crippen LogP contribution >= 0.6 is 0 Å². The van der Waals surface area contributed by atoms with Gasteiger partial charge in [0.05, 0.1) is 0 Å². The molecule has 2 aliphatic heterocycles. The van der Waals surface area contributed by atoms with E-state index in [0.717, 1.165) is 19.4 Å². The van der Waals surface area contributed by atoms with Gasteiger partial charge in [-0.1, -0.05) is 18.2 Å². The summed E-state index contributed by atoms with van der Waals surface area (Å²) in [7, 11) is 2.10. The first-order valence-electron chi connectivity index (χ1n) is 10.8. The molecule has 4 nitrogen and oxygen atoms in total. The Bertz CT molecular complexity index is 1010. The van der Waals surface area contributed by atoms with Crippen LogP contribution in [0.15, 0.2) is 24.3 Å². The van der Waals surface area contributed by atoms with E-state index in [1.807, 2.05) is 0 Å². The summed E-state index contributed by atoms with van der Waals surface area (Å²) in [6, 6.07) is 6.84. The minimum Gasteiger partial charge on any atom is -0.396 e. The molecule has 0 fully saturated rings. The van der Waals surface area contributed by atoms with Gasteiger partial charge in [-0.25, -0.2) is 4.39 Å². The van der Waals surface area contributed by atoms with Crippen LogP contribution in [0.2, 0.25) is 0 Å². The Kier molecular flexibility index (Phi) is 4.63. The highest BCUT2D eigenvalue weighted by molar-refractivity contribution is 6.00. The molecule has 4 atom stereocenters. The molecule has 5 rings (SSSR count). The highest BCUT2D eigenvalue weighted by Gasteiger charge is 2.38. The lowest BCUT2D eigenvalue weighted by Gasteiger charge is -2.40. The molecule has 0 radical (unpaired) electrons. The summed E-state index contributed by atoms with van der Waals surface area (Å²) >= 11 is 0. The Morgan fingerprint density at radius 3 is 2.97 bits per heavy atom. The molecule has 29 heavy (non-hydrogen) atoms. The van der Waals surface area contributed by atoms with Crippen molar-refractivity contribution in [1.82, 2.24) is 9.47 Å². The molecule has 1 aromatic carbocycles. The number of alkyl halides is 1. The molecule has 0 amide bonds. The predicted molar refractivity (Wildman–Crippen MR) is 113 cm³/mol. The summed E-state index contributed by atoms with van der Waals surface area (Å²) in [6.07, 6.45) is 4.44. The van der Waals surface area contributed by atoms with Crippen LogP contribution < -0.4 is 0 Å². The molecule has 1 N–H and O–H groups in total. The summed E-state index contributed by atoms with van der Waals surface area (Å²) in [4.78, 5) is 15.2. The lowest BCUT2D eigenvalue weighted by Crippen LogP contribution is -2.44. The van der Waals surface area contributed by atoms with Crippen molar-refractivity contribution >= 4 is 22.3 Å². The second-order valence-corrected chi connectivity index (χ2v) is 9.06. The molecular weight excluding hydrogens is 367 g/mol. The van der Waals surface area contributed by atoms with Crippen molar-refractivity contribution < 1.29 is 14.3 Å². The number of aliphatic hydroxyl groups is 1. The van der Waals surface area contributed by atoms with Gasteiger partial charge in [0.15, 0.2) is 0 Å². The molecule has 1 aliphatic carbocycles. The third kappa shape index (κ3) is 2.89. The summed E-state index contributed by atoms with van der Waals surface area (Å²) in [6.45, 7) is 2.89. The van der Waals surface area contributed by atoms with E-state index in [1.54, 1.807) is 0 Å². The van der Waals surface area contributed by atoms with E-state index in [9.17, 15) is 14.3 Å². The van der Waals surface area contributed by atoms with Crippen LogP contribution in [0.25, 0.3) is 16.5 Å². The van der Waals surface area contributed by atoms with Gasteiger partial charge in [-0.15, -0.1) is 0 Å². The molecule has 4 unspecified atom stereocenters. The average Bonchev–Trinajstić information content (AvgIpc) is 3.30. The highest BCUT2D eigenvalue weighted by atomic mass is 19.1. The summed E-state index contributed by atoms with van der Waals surface area (Å²) in [5.41, 5.74) is 6.83. The van der Waals surface area contributed by atoms with Gasteiger partial charge >= 0.3 is 0 Å². The zero-order valence-corrected chi connectivity index (χ0v) is 17.2. The summed E-state index contributed by atoms with van der Waals surface area (Å²) in [5, 5.41) is 10.8. The van der Waals surface area contributed by atoms with Crippen molar-refractivity contribution in [3.05, 3.63) is 41.1 Å². The molecule has 5 heteroatoms. The van der Waals surface area contributed by atoms with Crippen LogP contribution in [0.5, 0.6) is 0 Å². The van der Waals surface area contributed by atoms with Crippen LogP contribution in [0, 0.1) is 11.8 Å². The number of rotatable bonds is 5. The Hall–Kier alpha value is -1.98. The molecule has 0 saturated heterocycles. The first-order chi connectivity index (χ1) is 14.0. The lowest BCUT2D eigenvalue weighted by atomic mass is 9.77. The number of carbonyl (C=O) groups is 1. The quantitative estimate of drug-likeness (QED) is 0.843. The van der Waals surface area contributed by atoms with Gasteiger partial charge in [-0.2, -0.15) is 0 Å². The van der Waals surface area contributed by atoms with Crippen LogP contribution in [0.3, 0.4) is 0 Å². The molecule has 0 bridgehead atoms. The van der Waals surface area contributed by atoms with Crippen molar-refractivity contribution in [1.29, 1.82) is 0 Å². The Morgan fingerprint density at radius 2 is 2.21 bits per heavy atom. The molecule has 0 saturated carbocycles. The molecular formula is C24H29FN2O2. The number of hydrogen-bond donors (Lipinski definition) is 1. The van der Waals surface area contributed by atoms with Gasteiger partial charge in [-0.3, -0.25) is 9.69 Å². The van der Waals surface area contributed by atoms with Crippen molar-refractivity contribution in [3.8, 4) is 0 Å². The van der Waals surface area contributed by atoms with E-state index < -0.39 is 12.1 Å². The number of benzene rings is 1. The number of aliphatic hydroxyl groups excluding tert-OH is 1. The number of carbonyl (C=O) groups excluding carboxylic acids is 1. The van der Waals surface area contributed by atoms with E-state index in [0.29, 0.717) is 12.6 Å². The van der Waals surface area contributed by atoms with Gasteiger partial charge in [0.1, 0.15) is 12.0 Å². The number of halogens is 1. The second kappa shape index (κ2) is 7.06. The van der Waals surface area contributed by atoms with Crippen molar-refractivity contribution in [2.45, 2.75) is 51.4 Å². The largest absolute Gasteiger partial charge is 0.396 e. The van der Waals surface area contributed by atoms with Crippen molar-refractivity contribution in [3.63, 3.8) is 0 Å². The molecule has 3 aliphatic rings. The monoisotopic (exact) mass is 396 g/mol. The third-order valence-corrected chi connectivity index (χ3v) is 7.33. The van der Waals surface area contributed by atoms with Crippen LogP contribution in [-0.2, 0) is 24.2 Å². The van der Waals surface area contributed by atoms with Crippen LogP contribution in [0.1, 0.15) is 36.6 Å². The number of fused-ring (bicyclic) bond motifs is 5. The number of nitrogens with zero attached hydrogens (tertiary/aromatic N) is 2. The standard InChI is InChI=1S/C24H29FN2O2/c1-14(25)16(13-28)10-23(29)15-9-18-17-5-3-6-21-24(17)19(11-22(18)26(2)12-15)20-7-4-8-27(20)21/h3,5-6,9,14-16,22,28H,4,7-8,10-13H2,1-2H3. The SMILES string of the molecule is CC(F)C(CO)CC(=O)C1C=C2c3cccc4c3c(c3n4CCC3)CC2N(C)C1. The van der Waals surface area contributed by atoms with E-state index >= 15 is 0 Å². The maximum Gasteiger partial charge on any atom is 0.141 e. The van der Waals surface area contributed by atoms with Gasteiger partial charge in [0.25, 0.3) is 0 Å². The zero-order valence-electron chi connectivity index (χ0n) is 17.2. The fraction of sp³-hybridized carbons (Fsp3) is 0.542. The number of aryl methyl sites for hydroxylation is 1. The number of ketones is 1. The normalized spacial score (nSPS) is 25.4. The minimum atomic E-state index is -1.18. The molecule has 1 aromatic heterocycles. The van der Waals surface area contributed by atoms with E-state index in [2.05, 4.69) is 40.8 Å². The molecule has 0 spiro atoms. The summed E-state index contributed by atoms with van der Waals surface area (Å²) in [5.74, 6) is -0.825. The zero-order chi connectivity index (χ0) is 20.3. The van der Waals surface area contributed by atoms with Crippen molar-refractivity contribution in [2.75, 3.05) is 20.2 Å². The first-order valence-corrected chi connectivity index (χ1v) is 10.8. The second-order valence-electron chi connectivity index (χ2n) is 9.06. The first kappa shape index (κ1) is 19.0. The maximum absolute atomic E-state index is 13.7. The fourth-order valence-electron chi connectivity index (χ4n) is 5.70. The molecule has 2 aromatic rings. The van der Waals surface area contributed by atoms with Crippen LogP contribution in [-0.4, -0.2) is 52.8 Å². The van der Waals surface area contributed by atoms with E-state index in [4.69, 9.17) is 0 Å². The lowest BCUT2D eigenvalue weighted by molar-refractivity contribution is -0.124. The number of Topliss-reactive ketones (excluding diaryl/α,β-unsaturated/α-hetero) is 1. The molecule has 154 valence electrons.